The van der Waals surface area contributed by atoms with Crippen molar-refractivity contribution in [2.24, 2.45) is 51.2 Å². The van der Waals surface area contributed by atoms with Crippen molar-refractivity contribution in [3.8, 4) is 0 Å². The number of hydrogen-bond donors (Lipinski definition) is 0. The third kappa shape index (κ3) is 19.6. The first-order chi connectivity index (χ1) is 22.6. The molecule has 0 spiro atoms. The van der Waals surface area contributed by atoms with Crippen molar-refractivity contribution in [2.75, 3.05) is 59.4 Å². The smallest absolute Gasteiger partial charge is 0.257 e. The number of hydrogen-bond acceptors (Lipinski definition) is 3. The average Bonchev–Trinajstić information content (AvgIpc) is 2.91. The van der Waals surface area contributed by atoms with Crippen molar-refractivity contribution >= 4 is 0 Å². The van der Waals surface area contributed by atoms with E-state index in [1.807, 2.05) is 9.80 Å². The minimum atomic E-state index is -2.55. The Balaban J connectivity index is 0.000000337. The molecule has 1 aliphatic carbocycles. The highest BCUT2D eigenvalue weighted by atomic mass is 19.3. The molecule has 3 aliphatic heterocycles. The second-order valence-corrected chi connectivity index (χ2v) is 21.1. The normalized spacial score (nSPS) is 24.7. The summed E-state index contributed by atoms with van der Waals surface area (Å²) >= 11 is 0. The molecule has 0 aromatic rings. The molecule has 0 aromatic heterocycles. The minimum absolute atomic E-state index is 0.0448. The summed E-state index contributed by atoms with van der Waals surface area (Å²) in [5, 5.41) is 0. The summed E-state index contributed by atoms with van der Waals surface area (Å²) in [6.45, 7) is 36.7. The number of likely N-dealkylation sites (tertiary alicyclic amines) is 3. The summed E-state index contributed by atoms with van der Waals surface area (Å²) in [6.07, 6.45) is 9.21. The van der Waals surface area contributed by atoms with E-state index < -0.39 is 12.3 Å². The van der Waals surface area contributed by atoms with E-state index in [1.54, 1.807) is 0 Å². The number of nitrogens with zero attached hydrogens (tertiary/aromatic N) is 3. The first kappa shape index (κ1) is 47.6. The van der Waals surface area contributed by atoms with Crippen LogP contribution in [0.2, 0.25) is 0 Å². The van der Waals surface area contributed by atoms with Gasteiger partial charge in [-0.05, 0) is 149 Å². The predicted octanol–water partition coefficient (Wildman–Crippen LogP) is 12.3. The third-order valence-electron chi connectivity index (χ3n) is 12.5. The van der Waals surface area contributed by atoms with Crippen LogP contribution in [0.5, 0.6) is 0 Å². The maximum absolute atomic E-state index is 12.8. The first-order valence-corrected chi connectivity index (χ1v) is 20.4. The SMILES string of the molecule is CC(C)(C)C1CCN(CC(F)F)CC1.CC(F)(F)CN1CCC(C(C)(C)C)CC1.CCC1CC(C(C)(C)C)C1.CN1CCC(C(C)(C)C)CC1. The molecule has 4 rings (SSSR count). The fraction of sp³-hybridized carbons (Fsp3) is 1.00. The van der Waals surface area contributed by atoms with Crippen molar-refractivity contribution in [3.63, 3.8) is 0 Å². The average molecular weight is 720 g/mol. The van der Waals surface area contributed by atoms with Crippen molar-refractivity contribution in [1.29, 1.82) is 0 Å². The van der Waals surface area contributed by atoms with Gasteiger partial charge in [-0.3, -0.25) is 9.80 Å². The zero-order valence-corrected chi connectivity index (χ0v) is 35.8. The van der Waals surface area contributed by atoms with E-state index in [2.05, 4.69) is 102 Å². The Morgan fingerprint density at radius 2 is 0.840 bits per heavy atom. The van der Waals surface area contributed by atoms with Gasteiger partial charge >= 0.3 is 0 Å². The Kier molecular flexibility index (Phi) is 19.4. The molecule has 0 N–H and O–H groups in total. The van der Waals surface area contributed by atoms with Gasteiger partial charge in [0.1, 0.15) is 0 Å². The third-order valence-corrected chi connectivity index (χ3v) is 12.5. The molecule has 300 valence electrons. The van der Waals surface area contributed by atoms with E-state index >= 15 is 0 Å². The number of rotatable bonds is 5. The highest BCUT2D eigenvalue weighted by Gasteiger charge is 2.36. The van der Waals surface area contributed by atoms with Crippen LogP contribution in [0.15, 0.2) is 0 Å². The van der Waals surface area contributed by atoms with Crippen LogP contribution in [0.4, 0.5) is 17.6 Å². The van der Waals surface area contributed by atoms with Crippen LogP contribution in [-0.4, -0.2) is 86.5 Å². The molecule has 0 unspecified atom stereocenters. The summed E-state index contributed by atoms with van der Waals surface area (Å²) in [5.41, 5.74) is 1.75. The Bertz CT molecular complexity index is 876. The molecule has 3 saturated heterocycles. The lowest BCUT2D eigenvalue weighted by Crippen LogP contribution is -2.42. The van der Waals surface area contributed by atoms with Gasteiger partial charge in [0.15, 0.2) is 0 Å². The quantitative estimate of drug-likeness (QED) is 0.262. The Labute approximate surface area is 309 Å². The van der Waals surface area contributed by atoms with E-state index in [-0.39, 0.29) is 13.1 Å². The van der Waals surface area contributed by atoms with Crippen LogP contribution in [0.25, 0.3) is 0 Å². The maximum Gasteiger partial charge on any atom is 0.257 e. The van der Waals surface area contributed by atoms with E-state index in [0.717, 1.165) is 76.5 Å². The van der Waals surface area contributed by atoms with Crippen LogP contribution in [0.1, 0.15) is 155 Å². The van der Waals surface area contributed by atoms with Gasteiger partial charge < -0.3 is 4.90 Å². The summed E-state index contributed by atoms with van der Waals surface area (Å²) < 4.78 is 49.8. The number of alkyl halides is 4. The van der Waals surface area contributed by atoms with E-state index in [0.29, 0.717) is 33.5 Å². The second kappa shape index (κ2) is 20.3. The van der Waals surface area contributed by atoms with Crippen molar-refractivity contribution in [2.45, 2.75) is 167 Å². The van der Waals surface area contributed by atoms with Crippen LogP contribution in [0, 0.1) is 51.2 Å². The van der Waals surface area contributed by atoms with Crippen molar-refractivity contribution in [1.82, 2.24) is 14.7 Å². The molecule has 4 fully saturated rings. The summed E-state index contributed by atoms with van der Waals surface area (Å²) in [5.74, 6) is 1.84. The molecule has 0 bridgehead atoms. The zero-order chi connectivity index (χ0) is 38.7. The fourth-order valence-electron chi connectivity index (χ4n) is 8.18. The minimum Gasteiger partial charge on any atom is -0.306 e. The monoisotopic (exact) mass is 720 g/mol. The molecule has 0 radical (unpaired) electrons. The standard InChI is InChI=1S/C12H23F2N.C11H21F2N.C10H21N.C10H20/c1-11(2,3)10-5-7-15(8-6-10)9-12(4,13)14;1-11(2,3)9-4-6-14(7-5-9)8-10(12)13;1-10(2,3)9-5-7-11(4)8-6-9;1-5-8-6-9(7-8)10(2,3)4/h10H,5-9H2,1-4H3;9-10H,4-8H2,1-3H3;9H,5-8H2,1-4H3;8-9H,5-7H2,1-4H3. The topological polar surface area (TPSA) is 9.72 Å². The number of piperidine rings is 3. The lowest BCUT2D eigenvalue weighted by atomic mass is 9.62. The Morgan fingerprint density at radius 3 is 1.12 bits per heavy atom. The zero-order valence-electron chi connectivity index (χ0n) is 35.8. The van der Waals surface area contributed by atoms with Gasteiger partial charge in [0, 0.05) is 6.92 Å². The van der Waals surface area contributed by atoms with Gasteiger partial charge in [-0.1, -0.05) is 96.4 Å². The van der Waals surface area contributed by atoms with Crippen LogP contribution in [-0.2, 0) is 0 Å². The Morgan fingerprint density at radius 1 is 0.520 bits per heavy atom. The van der Waals surface area contributed by atoms with Gasteiger partial charge in [0.05, 0.1) is 13.1 Å². The molecular weight excluding hydrogens is 634 g/mol. The molecule has 1 saturated carbocycles. The second-order valence-electron chi connectivity index (χ2n) is 21.1. The molecule has 3 nitrogen and oxygen atoms in total. The van der Waals surface area contributed by atoms with Crippen LogP contribution in [0.3, 0.4) is 0 Å². The highest BCUT2D eigenvalue weighted by Crippen LogP contribution is 2.46. The van der Waals surface area contributed by atoms with Gasteiger partial charge in [-0.2, -0.15) is 0 Å². The van der Waals surface area contributed by atoms with E-state index in [1.165, 1.54) is 45.2 Å². The van der Waals surface area contributed by atoms with E-state index in [9.17, 15) is 17.6 Å². The first-order valence-electron chi connectivity index (χ1n) is 20.4. The maximum atomic E-state index is 12.8. The molecule has 0 amide bonds. The number of halogens is 4. The molecule has 4 aliphatic rings. The molecule has 3 heterocycles. The highest BCUT2D eigenvalue weighted by molar-refractivity contribution is 4.86. The van der Waals surface area contributed by atoms with Crippen molar-refractivity contribution < 1.29 is 17.6 Å². The lowest BCUT2D eigenvalue weighted by Gasteiger charge is -2.43. The fourth-order valence-corrected chi connectivity index (χ4v) is 8.18. The molecular formula is C43H85F4N3. The van der Waals surface area contributed by atoms with E-state index in [4.69, 9.17) is 0 Å². The summed E-state index contributed by atoms with van der Waals surface area (Å²) in [7, 11) is 2.22. The van der Waals surface area contributed by atoms with Gasteiger partial charge in [0.2, 0.25) is 0 Å². The predicted molar refractivity (Wildman–Crippen MR) is 209 cm³/mol. The lowest BCUT2D eigenvalue weighted by molar-refractivity contribution is -0.0271. The summed E-state index contributed by atoms with van der Waals surface area (Å²) in [4.78, 5) is 6.21. The molecule has 7 heteroatoms. The summed E-state index contributed by atoms with van der Waals surface area (Å²) in [6, 6.07) is 0. The Hall–Kier alpha value is -0.400. The van der Waals surface area contributed by atoms with Gasteiger partial charge in [-0.15, -0.1) is 0 Å². The largest absolute Gasteiger partial charge is 0.306 e. The molecule has 0 aromatic carbocycles. The molecule has 50 heavy (non-hydrogen) atoms. The van der Waals surface area contributed by atoms with Gasteiger partial charge in [0.25, 0.3) is 12.3 Å². The van der Waals surface area contributed by atoms with Gasteiger partial charge in [-0.25, -0.2) is 17.6 Å². The molecule has 0 atom stereocenters. The van der Waals surface area contributed by atoms with Crippen LogP contribution < -0.4 is 0 Å². The van der Waals surface area contributed by atoms with Crippen LogP contribution >= 0.6 is 0 Å². The van der Waals surface area contributed by atoms with Crippen molar-refractivity contribution in [3.05, 3.63) is 0 Å².